The standard InChI is InChI=1S/C18H21N3O3/c1-23-17-7-3-2-6-16(17)20-18(22)21-11-8-14(9-12-21)24-15-5-4-10-19-13-15/h2-7,10,13-14H,8-9,11-12H2,1H3,(H,20,22). The van der Waals surface area contributed by atoms with Gasteiger partial charge in [0.1, 0.15) is 17.6 Å². The second-order valence-corrected chi connectivity index (χ2v) is 5.62. The number of carbonyl (C=O) groups excluding carboxylic acids is 1. The first-order valence-corrected chi connectivity index (χ1v) is 8.02. The van der Waals surface area contributed by atoms with Crippen LogP contribution in [0.4, 0.5) is 10.5 Å². The molecule has 1 N–H and O–H groups in total. The molecule has 0 aliphatic carbocycles. The van der Waals surface area contributed by atoms with E-state index in [2.05, 4.69) is 10.3 Å². The summed E-state index contributed by atoms with van der Waals surface area (Å²) in [6, 6.07) is 11.0. The molecule has 1 saturated heterocycles. The lowest BCUT2D eigenvalue weighted by Gasteiger charge is -2.32. The van der Waals surface area contributed by atoms with Crippen LogP contribution in [0.15, 0.2) is 48.8 Å². The highest BCUT2D eigenvalue weighted by Gasteiger charge is 2.24. The summed E-state index contributed by atoms with van der Waals surface area (Å²) in [7, 11) is 1.59. The Morgan fingerprint density at radius 3 is 2.71 bits per heavy atom. The minimum atomic E-state index is -0.112. The quantitative estimate of drug-likeness (QED) is 0.937. The number of ether oxygens (including phenoxy) is 2. The van der Waals surface area contributed by atoms with Crippen molar-refractivity contribution in [3.63, 3.8) is 0 Å². The molecule has 6 heteroatoms. The molecule has 24 heavy (non-hydrogen) atoms. The highest BCUT2D eigenvalue weighted by atomic mass is 16.5. The molecule has 0 saturated carbocycles. The van der Waals surface area contributed by atoms with Gasteiger partial charge in [-0.05, 0) is 24.3 Å². The third kappa shape index (κ3) is 3.95. The van der Waals surface area contributed by atoms with Crippen LogP contribution < -0.4 is 14.8 Å². The number of pyridine rings is 1. The monoisotopic (exact) mass is 327 g/mol. The molecule has 1 aromatic heterocycles. The zero-order valence-electron chi connectivity index (χ0n) is 13.6. The summed E-state index contributed by atoms with van der Waals surface area (Å²) in [6.07, 6.45) is 5.14. The summed E-state index contributed by atoms with van der Waals surface area (Å²) in [5.74, 6) is 1.43. The molecule has 0 atom stereocenters. The van der Waals surface area contributed by atoms with Crippen LogP contribution in [0, 0.1) is 0 Å². The van der Waals surface area contributed by atoms with Gasteiger partial charge in [-0.1, -0.05) is 12.1 Å². The highest BCUT2D eigenvalue weighted by Crippen LogP contribution is 2.24. The van der Waals surface area contributed by atoms with E-state index in [1.165, 1.54) is 0 Å². The van der Waals surface area contributed by atoms with Gasteiger partial charge in [0.05, 0.1) is 19.0 Å². The van der Waals surface area contributed by atoms with Gasteiger partial charge >= 0.3 is 6.03 Å². The molecule has 1 aromatic carbocycles. The van der Waals surface area contributed by atoms with Crippen molar-refractivity contribution in [2.75, 3.05) is 25.5 Å². The lowest BCUT2D eigenvalue weighted by molar-refractivity contribution is 0.115. The van der Waals surface area contributed by atoms with Crippen LogP contribution in [0.3, 0.4) is 0 Å². The first-order chi connectivity index (χ1) is 11.8. The van der Waals surface area contributed by atoms with E-state index in [0.717, 1.165) is 18.6 Å². The van der Waals surface area contributed by atoms with E-state index in [0.29, 0.717) is 24.5 Å². The molecule has 0 spiro atoms. The van der Waals surface area contributed by atoms with Crippen LogP contribution in [-0.2, 0) is 0 Å². The second-order valence-electron chi connectivity index (χ2n) is 5.62. The molecule has 3 rings (SSSR count). The molecular formula is C18H21N3O3. The average molecular weight is 327 g/mol. The number of likely N-dealkylation sites (tertiary alicyclic amines) is 1. The van der Waals surface area contributed by atoms with Gasteiger partial charge in [-0.3, -0.25) is 4.98 Å². The number of rotatable bonds is 4. The summed E-state index contributed by atoms with van der Waals surface area (Å²) in [5, 5.41) is 2.91. The number of urea groups is 1. The zero-order chi connectivity index (χ0) is 16.8. The molecule has 0 radical (unpaired) electrons. The van der Waals surface area contributed by atoms with Crippen LogP contribution in [-0.4, -0.2) is 42.2 Å². The lowest BCUT2D eigenvalue weighted by atomic mass is 10.1. The number of aromatic nitrogens is 1. The maximum atomic E-state index is 12.4. The summed E-state index contributed by atoms with van der Waals surface area (Å²) < 4.78 is 11.2. The van der Waals surface area contributed by atoms with Crippen molar-refractivity contribution < 1.29 is 14.3 Å². The third-order valence-corrected chi connectivity index (χ3v) is 4.01. The minimum absolute atomic E-state index is 0.112. The smallest absolute Gasteiger partial charge is 0.321 e. The molecule has 0 bridgehead atoms. The Kier molecular flexibility index (Phi) is 5.15. The lowest BCUT2D eigenvalue weighted by Crippen LogP contribution is -2.43. The van der Waals surface area contributed by atoms with Crippen LogP contribution >= 0.6 is 0 Å². The van der Waals surface area contributed by atoms with Crippen molar-refractivity contribution in [3.8, 4) is 11.5 Å². The van der Waals surface area contributed by atoms with Crippen LogP contribution in [0.5, 0.6) is 11.5 Å². The van der Waals surface area contributed by atoms with Crippen LogP contribution in [0.1, 0.15) is 12.8 Å². The molecule has 1 aliphatic heterocycles. The summed E-state index contributed by atoms with van der Waals surface area (Å²) in [6.45, 7) is 1.32. The van der Waals surface area contributed by atoms with Crippen molar-refractivity contribution >= 4 is 11.7 Å². The SMILES string of the molecule is COc1ccccc1NC(=O)N1CCC(Oc2cccnc2)CC1. The summed E-state index contributed by atoms with van der Waals surface area (Å²) >= 11 is 0. The molecular weight excluding hydrogens is 306 g/mol. The molecule has 1 fully saturated rings. The predicted molar refractivity (Wildman–Crippen MR) is 91.5 cm³/mol. The first kappa shape index (κ1) is 16.1. The Morgan fingerprint density at radius 1 is 1.21 bits per heavy atom. The Balaban J connectivity index is 1.52. The Bertz CT molecular complexity index is 670. The number of nitrogens with zero attached hydrogens (tertiary/aromatic N) is 2. The van der Waals surface area contributed by atoms with Crippen molar-refractivity contribution in [2.45, 2.75) is 18.9 Å². The summed E-state index contributed by atoms with van der Waals surface area (Å²) in [4.78, 5) is 18.3. The van der Waals surface area contributed by atoms with E-state index < -0.39 is 0 Å². The van der Waals surface area contributed by atoms with E-state index in [1.807, 2.05) is 36.4 Å². The van der Waals surface area contributed by atoms with E-state index in [4.69, 9.17) is 9.47 Å². The van der Waals surface area contributed by atoms with Gasteiger partial charge in [0.25, 0.3) is 0 Å². The number of methoxy groups -OCH3 is 1. The fraction of sp³-hybridized carbons (Fsp3) is 0.333. The number of hydrogen-bond donors (Lipinski definition) is 1. The van der Waals surface area contributed by atoms with Crippen molar-refractivity contribution in [1.82, 2.24) is 9.88 Å². The molecule has 0 unspecified atom stereocenters. The molecule has 1 aliphatic rings. The molecule has 2 heterocycles. The van der Waals surface area contributed by atoms with Crippen molar-refractivity contribution in [3.05, 3.63) is 48.8 Å². The van der Waals surface area contributed by atoms with Crippen molar-refractivity contribution in [1.29, 1.82) is 0 Å². The zero-order valence-corrected chi connectivity index (χ0v) is 13.6. The first-order valence-electron chi connectivity index (χ1n) is 8.02. The minimum Gasteiger partial charge on any atom is -0.495 e. The second kappa shape index (κ2) is 7.68. The van der Waals surface area contributed by atoms with Gasteiger partial charge in [-0.25, -0.2) is 4.79 Å². The molecule has 6 nitrogen and oxygen atoms in total. The summed E-state index contributed by atoms with van der Waals surface area (Å²) in [5.41, 5.74) is 0.679. The van der Waals surface area contributed by atoms with E-state index in [1.54, 1.807) is 24.4 Å². The molecule has 126 valence electrons. The Labute approximate surface area is 141 Å². The number of piperidine rings is 1. The fourth-order valence-electron chi connectivity index (χ4n) is 2.73. The fourth-order valence-corrected chi connectivity index (χ4v) is 2.73. The topological polar surface area (TPSA) is 63.7 Å². The maximum Gasteiger partial charge on any atom is 0.321 e. The Morgan fingerprint density at radius 2 is 2.00 bits per heavy atom. The van der Waals surface area contributed by atoms with Crippen LogP contribution in [0.25, 0.3) is 0 Å². The third-order valence-electron chi connectivity index (χ3n) is 4.01. The largest absolute Gasteiger partial charge is 0.495 e. The number of benzene rings is 1. The predicted octanol–water partition coefficient (Wildman–Crippen LogP) is 3.17. The maximum absolute atomic E-state index is 12.4. The number of carbonyl (C=O) groups is 1. The van der Waals surface area contributed by atoms with Crippen LogP contribution in [0.2, 0.25) is 0 Å². The van der Waals surface area contributed by atoms with E-state index in [9.17, 15) is 4.79 Å². The highest BCUT2D eigenvalue weighted by molar-refractivity contribution is 5.91. The van der Waals surface area contributed by atoms with E-state index >= 15 is 0 Å². The van der Waals surface area contributed by atoms with Gasteiger partial charge < -0.3 is 19.7 Å². The van der Waals surface area contributed by atoms with Gasteiger partial charge in [0.2, 0.25) is 0 Å². The number of hydrogen-bond acceptors (Lipinski definition) is 4. The van der Waals surface area contributed by atoms with E-state index in [-0.39, 0.29) is 12.1 Å². The average Bonchev–Trinajstić information content (AvgIpc) is 2.63. The normalized spacial score (nSPS) is 15.0. The van der Waals surface area contributed by atoms with Gasteiger partial charge in [0, 0.05) is 32.1 Å². The van der Waals surface area contributed by atoms with Crippen molar-refractivity contribution in [2.24, 2.45) is 0 Å². The molecule has 2 aromatic rings. The van der Waals surface area contributed by atoms with Gasteiger partial charge in [0.15, 0.2) is 0 Å². The number of para-hydroxylation sites is 2. The number of amides is 2. The molecule has 2 amide bonds. The van der Waals surface area contributed by atoms with Gasteiger partial charge in [-0.15, -0.1) is 0 Å². The number of nitrogens with one attached hydrogen (secondary N) is 1. The Hall–Kier alpha value is -2.76. The number of anilines is 1. The van der Waals surface area contributed by atoms with Gasteiger partial charge in [-0.2, -0.15) is 0 Å².